The van der Waals surface area contributed by atoms with Gasteiger partial charge in [-0.2, -0.15) is 0 Å². The summed E-state index contributed by atoms with van der Waals surface area (Å²) in [5.41, 5.74) is 5.79. The van der Waals surface area contributed by atoms with Crippen LogP contribution in [0.3, 0.4) is 0 Å². The minimum absolute atomic E-state index is 0.00179. The highest BCUT2D eigenvalue weighted by Gasteiger charge is 2.16. The van der Waals surface area contributed by atoms with Crippen LogP contribution in [0.5, 0.6) is 0 Å². The first kappa shape index (κ1) is 44.9. The lowest BCUT2D eigenvalue weighted by molar-refractivity contribution is 0.0523. The second-order valence-electron chi connectivity index (χ2n) is 12.3. The van der Waals surface area contributed by atoms with Gasteiger partial charge in [0.05, 0.1) is 54.9 Å². The number of rotatable bonds is 28. The van der Waals surface area contributed by atoms with Gasteiger partial charge < -0.3 is 57.0 Å². The molecule has 9 atom stereocenters. The molecule has 0 fully saturated rings. The summed E-state index contributed by atoms with van der Waals surface area (Å²) in [6.07, 6.45) is 11.5. The number of guanidine groups is 1. The molecule has 0 heterocycles. The highest BCUT2D eigenvalue weighted by Crippen LogP contribution is 2.13. The van der Waals surface area contributed by atoms with E-state index in [1.165, 1.54) is 18.2 Å². The molecule has 0 radical (unpaired) electrons. The van der Waals surface area contributed by atoms with Crippen LogP contribution in [0.25, 0.3) is 0 Å². The van der Waals surface area contributed by atoms with E-state index in [2.05, 4.69) is 17.2 Å². The number of aliphatic hydroxyl groups excluding tert-OH is 9. The molecule has 0 aliphatic heterocycles. The highest BCUT2D eigenvalue weighted by molar-refractivity contribution is 5.78. The molecular weight excluding hydrogens is 606 g/mol. The van der Waals surface area contributed by atoms with Gasteiger partial charge in [0.1, 0.15) is 0 Å². The average molecular weight is 672 g/mol. The van der Waals surface area contributed by atoms with Crippen LogP contribution in [0.2, 0.25) is 0 Å². The molecular formula is C35H65N3O9. The molecule has 0 bridgehead atoms. The van der Waals surface area contributed by atoms with Crippen molar-refractivity contribution in [3.8, 4) is 0 Å². The van der Waals surface area contributed by atoms with E-state index in [-0.39, 0.29) is 51.4 Å². The smallest absolute Gasteiger partial charge is 0.192 e. The maximum atomic E-state index is 10.2. The molecule has 12 N–H and O–H groups in total. The van der Waals surface area contributed by atoms with Crippen molar-refractivity contribution in [1.29, 1.82) is 0 Å². The summed E-state index contributed by atoms with van der Waals surface area (Å²) < 4.78 is 0. The normalized spacial score (nSPS) is 18.9. The van der Waals surface area contributed by atoms with Crippen molar-refractivity contribution in [2.45, 2.75) is 159 Å². The van der Waals surface area contributed by atoms with Crippen molar-refractivity contribution in [3.05, 3.63) is 48.7 Å². The Labute approximate surface area is 281 Å². The van der Waals surface area contributed by atoms with Crippen LogP contribution in [-0.2, 0) is 0 Å². The molecule has 12 heteroatoms. The van der Waals surface area contributed by atoms with E-state index < -0.39 is 54.9 Å². The number of aliphatic hydroxyl groups is 9. The molecule has 0 saturated heterocycles. The second-order valence-corrected chi connectivity index (χ2v) is 12.3. The summed E-state index contributed by atoms with van der Waals surface area (Å²) in [6.45, 7) is 4.41. The molecule has 0 aliphatic carbocycles. The van der Waals surface area contributed by atoms with E-state index in [1.54, 1.807) is 24.4 Å². The maximum Gasteiger partial charge on any atom is 0.192 e. The summed E-state index contributed by atoms with van der Waals surface area (Å²) in [6, 6.07) is 0. The lowest BCUT2D eigenvalue weighted by Gasteiger charge is -2.17. The molecule has 9 unspecified atom stereocenters. The molecule has 0 aromatic carbocycles. The molecule has 0 aromatic rings. The Morgan fingerprint density at radius 2 is 1.06 bits per heavy atom. The number of hydrogen-bond donors (Lipinski definition) is 11. The van der Waals surface area contributed by atoms with Crippen molar-refractivity contribution in [1.82, 2.24) is 5.32 Å². The van der Waals surface area contributed by atoms with Crippen LogP contribution in [0.15, 0.2) is 53.7 Å². The van der Waals surface area contributed by atoms with E-state index in [0.29, 0.717) is 31.8 Å². The van der Waals surface area contributed by atoms with Crippen LogP contribution < -0.4 is 11.1 Å². The molecule has 0 aromatic heterocycles. The summed E-state index contributed by atoms with van der Waals surface area (Å²) in [5.74, 6) is 0.322. The summed E-state index contributed by atoms with van der Waals surface area (Å²) >= 11 is 0. The topological polar surface area (TPSA) is 232 Å². The Bertz CT molecular complexity index is 900. The van der Waals surface area contributed by atoms with Gasteiger partial charge in [-0.1, -0.05) is 69.2 Å². The fraction of sp³-hybridized carbons (Fsp3) is 0.743. The lowest BCUT2D eigenvalue weighted by atomic mass is 10.0. The van der Waals surface area contributed by atoms with Gasteiger partial charge in [0.25, 0.3) is 0 Å². The first-order chi connectivity index (χ1) is 22.4. The predicted molar refractivity (Wildman–Crippen MR) is 186 cm³/mol. The Kier molecular flexibility index (Phi) is 27.5. The third kappa shape index (κ3) is 28.6. The lowest BCUT2D eigenvalue weighted by Crippen LogP contribution is -2.27. The number of nitrogens with zero attached hydrogens (tertiary/aromatic N) is 1. The van der Waals surface area contributed by atoms with Crippen molar-refractivity contribution in [2.75, 3.05) is 6.54 Å². The largest absolute Gasteiger partial charge is 0.393 e. The SMILES string of the molecule is CCCCC=CNC(N)=NCCCC(O)CC(O)CC=CC(O)CC(O)CC=CC(O)CC(O)CC(O)CC=CC(O)CC(O)CC. The zero-order valence-electron chi connectivity index (χ0n) is 28.5. The molecule has 47 heavy (non-hydrogen) atoms. The molecule has 12 nitrogen and oxygen atoms in total. The Balaban J connectivity index is 4.18. The van der Waals surface area contributed by atoms with Crippen molar-refractivity contribution < 1.29 is 46.0 Å². The van der Waals surface area contributed by atoms with E-state index >= 15 is 0 Å². The molecule has 0 saturated carbocycles. The molecule has 0 amide bonds. The fourth-order valence-electron chi connectivity index (χ4n) is 4.67. The van der Waals surface area contributed by atoms with Gasteiger partial charge in [0.15, 0.2) is 5.96 Å². The number of allylic oxidation sites excluding steroid dienone is 1. The van der Waals surface area contributed by atoms with Crippen LogP contribution in [0.1, 0.15) is 104 Å². The summed E-state index contributed by atoms with van der Waals surface area (Å²) in [4.78, 5) is 4.20. The minimum Gasteiger partial charge on any atom is -0.393 e. The van der Waals surface area contributed by atoms with E-state index in [4.69, 9.17) is 5.73 Å². The highest BCUT2D eigenvalue weighted by atomic mass is 16.3. The van der Waals surface area contributed by atoms with E-state index in [9.17, 15) is 46.0 Å². The number of hydrogen-bond acceptors (Lipinski definition) is 10. The number of aliphatic imine (C=N–C) groups is 1. The molecule has 0 spiro atoms. The van der Waals surface area contributed by atoms with Crippen molar-refractivity contribution in [2.24, 2.45) is 10.7 Å². The Morgan fingerprint density at radius 3 is 1.57 bits per heavy atom. The molecule has 0 aliphatic rings. The zero-order chi connectivity index (χ0) is 35.5. The number of unbranched alkanes of at least 4 members (excludes halogenated alkanes) is 2. The Morgan fingerprint density at radius 1 is 0.596 bits per heavy atom. The first-order valence-corrected chi connectivity index (χ1v) is 17.2. The van der Waals surface area contributed by atoms with Crippen molar-refractivity contribution >= 4 is 5.96 Å². The second kappa shape index (κ2) is 28.8. The van der Waals surface area contributed by atoms with Crippen LogP contribution >= 0.6 is 0 Å². The van der Waals surface area contributed by atoms with Gasteiger partial charge in [0, 0.05) is 25.8 Å². The Hall–Kier alpha value is -2.13. The first-order valence-electron chi connectivity index (χ1n) is 17.2. The summed E-state index contributed by atoms with van der Waals surface area (Å²) in [5, 5.41) is 93.4. The van der Waals surface area contributed by atoms with E-state index in [1.807, 2.05) is 13.0 Å². The third-order valence-corrected chi connectivity index (χ3v) is 7.45. The minimum atomic E-state index is -0.982. The quantitative estimate of drug-likeness (QED) is 0.0249. The van der Waals surface area contributed by atoms with Crippen molar-refractivity contribution in [3.63, 3.8) is 0 Å². The monoisotopic (exact) mass is 671 g/mol. The maximum absolute atomic E-state index is 10.2. The van der Waals surface area contributed by atoms with Gasteiger partial charge in [-0.15, -0.1) is 0 Å². The zero-order valence-corrected chi connectivity index (χ0v) is 28.5. The van der Waals surface area contributed by atoms with Gasteiger partial charge in [-0.3, -0.25) is 4.99 Å². The average Bonchev–Trinajstić information content (AvgIpc) is 2.98. The van der Waals surface area contributed by atoms with Crippen LogP contribution in [0.4, 0.5) is 0 Å². The molecule has 274 valence electrons. The van der Waals surface area contributed by atoms with Gasteiger partial charge >= 0.3 is 0 Å². The standard InChI is InChI=1S/C35H65N3O9/c1-3-5-6-7-19-37-35(36)38-20-11-18-33(46)23-30(43)14-9-13-28(41)22-29(42)15-10-17-32(45)25-34(47)24-31(44)16-8-12-27(40)21-26(39)4-2/h7-10,12-13,17,19,26-34,39-47H,3-6,11,14-16,18,20-25H2,1-2H3,(H3,36,37,38). The summed E-state index contributed by atoms with van der Waals surface area (Å²) in [7, 11) is 0. The molecule has 0 rings (SSSR count). The fourth-order valence-corrected chi connectivity index (χ4v) is 4.67. The van der Waals surface area contributed by atoms with Gasteiger partial charge in [0.2, 0.25) is 0 Å². The van der Waals surface area contributed by atoms with Gasteiger partial charge in [-0.05, 0) is 64.0 Å². The van der Waals surface area contributed by atoms with Gasteiger partial charge in [-0.25, -0.2) is 0 Å². The van der Waals surface area contributed by atoms with Crippen LogP contribution in [-0.4, -0.2) is 113 Å². The predicted octanol–water partition coefficient (Wildman–Crippen LogP) is 1.82. The van der Waals surface area contributed by atoms with Crippen LogP contribution in [0, 0.1) is 0 Å². The van der Waals surface area contributed by atoms with E-state index in [0.717, 1.165) is 19.3 Å². The third-order valence-electron chi connectivity index (χ3n) is 7.45. The number of nitrogens with one attached hydrogen (secondary N) is 1. The number of nitrogens with two attached hydrogens (primary N) is 1.